The maximum absolute atomic E-state index is 12.7. The van der Waals surface area contributed by atoms with Gasteiger partial charge in [-0.2, -0.15) is 0 Å². The SMILES string of the molecule is Cl.Cl.NC(=O)c1nccn(-c2ccc(F)cc2)c1=O. The fraction of sp³-hybridized carbons (Fsp3) is 0. The third kappa shape index (κ3) is 3.52. The lowest BCUT2D eigenvalue weighted by molar-refractivity contribution is 0.0993. The highest BCUT2D eigenvalue weighted by molar-refractivity contribution is 5.90. The molecule has 0 aliphatic rings. The minimum atomic E-state index is -0.897. The van der Waals surface area contributed by atoms with E-state index in [-0.39, 0.29) is 30.5 Å². The number of carbonyl (C=O) groups excluding carboxylic acids is 1. The Labute approximate surface area is 120 Å². The van der Waals surface area contributed by atoms with Crippen molar-refractivity contribution in [2.45, 2.75) is 0 Å². The van der Waals surface area contributed by atoms with E-state index in [9.17, 15) is 14.0 Å². The molecule has 2 rings (SSSR count). The largest absolute Gasteiger partial charge is 0.364 e. The number of benzene rings is 1. The van der Waals surface area contributed by atoms with Gasteiger partial charge in [-0.05, 0) is 24.3 Å². The summed E-state index contributed by atoms with van der Waals surface area (Å²) < 4.78 is 13.9. The summed E-state index contributed by atoms with van der Waals surface area (Å²) in [6.07, 6.45) is 2.66. The van der Waals surface area contributed by atoms with Gasteiger partial charge in [0.05, 0.1) is 0 Å². The van der Waals surface area contributed by atoms with Gasteiger partial charge in [-0.25, -0.2) is 9.37 Å². The van der Waals surface area contributed by atoms with Gasteiger partial charge in [0.2, 0.25) is 0 Å². The maximum atomic E-state index is 12.7. The molecule has 0 aliphatic heterocycles. The molecule has 1 aromatic carbocycles. The van der Waals surface area contributed by atoms with Crippen LogP contribution in [-0.2, 0) is 0 Å². The Balaban J connectivity index is 0.00000162. The van der Waals surface area contributed by atoms with Crippen molar-refractivity contribution in [3.63, 3.8) is 0 Å². The van der Waals surface area contributed by atoms with E-state index >= 15 is 0 Å². The molecule has 102 valence electrons. The zero-order valence-electron chi connectivity index (χ0n) is 9.45. The number of nitrogens with two attached hydrogens (primary N) is 1. The van der Waals surface area contributed by atoms with Crippen molar-refractivity contribution in [2.24, 2.45) is 5.73 Å². The molecule has 2 N–H and O–H groups in total. The standard InChI is InChI=1S/C11H8FN3O2.2ClH/c12-7-1-3-8(4-2-7)15-6-5-14-9(10(13)16)11(15)17;;/h1-6H,(H2,13,16);2*1H. The number of carbonyl (C=O) groups is 1. The van der Waals surface area contributed by atoms with Crippen LogP contribution in [0.4, 0.5) is 4.39 Å². The summed E-state index contributed by atoms with van der Waals surface area (Å²) in [5.74, 6) is -1.31. The maximum Gasteiger partial charge on any atom is 0.286 e. The van der Waals surface area contributed by atoms with Crippen molar-refractivity contribution in [3.8, 4) is 5.69 Å². The van der Waals surface area contributed by atoms with E-state index in [1.165, 1.54) is 41.2 Å². The lowest BCUT2D eigenvalue weighted by Crippen LogP contribution is -2.29. The highest BCUT2D eigenvalue weighted by atomic mass is 35.5. The second-order valence-electron chi connectivity index (χ2n) is 3.29. The normalized spacial score (nSPS) is 9.11. The summed E-state index contributed by atoms with van der Waals surface area (Å²) in [6, 6.07) is 5.27. The van der Waals surface area contributed by atoms with Crippen molar-refractivity contribution in [2.75, 3.05) is 0 Å². The number of amides is 1. The van der Waals surface area contributed by atoms with E-state index < -0.39 is 17.3 Å². The van der Waals surface area contributed by atoms with E-state index in [4.69, 9.17) is 5.73 Å². The lowest BCUT2D eigenvalue weighted by atomic mass is 10.3. The average Bonchev–Trinajstić information content (AvgIpc) is 2.30. The molecular formula is C11H10Cl2FN3O2. The third-order valence-electron chi connectivity index (χ3n) is 2.18. The predicted octanol–water partition coefficient (Wildman–Crippen LogP) is 1.31. The minimum absolute atomic E-state index is 0. The summed E-state index contributed by atoms with van der Waals surface area (Å²) in [4.78, 5) is 26.3. The molecule has 1 heterocycles. The van der Waals surface area contributed by atoms with Gasteiger partial charge in [-0.3, -0.25) is 14.2 Å². The van der Waals surface area contributed by atoms with Crippen LogP contribution >= 0.6 is 24.8 Å². The Morgan fingerprint density at radius 2 is 1.79 bits per heavy atom. The molecule has 0 radical (unpaired) electrons. The van der Waals surface area contributed by atoms with Crippen molar-refractivity contribution in [1.29, 1.82) is 0 Å². The lowest BCUT2D eigenvalue weighted by Gasteiger charge is -2.05. The Morgan fingerprint density at radius 3 is 2.32 bits per heavy atom. The fourth-order valence-corrected chi connectivity index (χ4v) is 1.39. The van der Waals surface area contributed by atoms with Gasteiger partial charge < -0.3 is 5.73 Å². The third-order valence-corrected chi connectivity index (χ3v) is 2.18. The molecule has 5 nitrogen and oxygen atoms in total. The minimum Gasteiger partial charge on any atom is -0.364 e. The molecule has 1 aromatic heterocycles. The van der Waals surface area contributed by atoms with E-state index in [1.54, 1.807) is 0 Å². The van der Waals surface area contributed by atoms with Crippen molar-refractivity contribution < 1.29 is 9.18 Å². The van der Waals surface area contributed by atoms with Gasteiger partial charge >= 0.3 is 0 Å². The average molecular weight is 306 g/mol. The van der Waals surface area contributed by atoms with Gasteiger partial charge in [0.15, 0.2) is 5.69 Å². The molecule has 0 atom stereocenters. The van der Waals surface area contributed by atoms with Crippen LogP contribution in [0.1, 0.15) is 10.5 Å². The van der Waals surface area contributed by atoms with Crippen LogP contribution in [0.3, 0.4) is 0 Å². The molecule has 0 saturated heterocycles. The van der Waals surface area contributed by atoms with Crippen molar-refractivity contribution in [1.82, 2.24) is 9.55 Å². The van der Waals surface area contributed by atoms with Crippen LogP contribution in [0.25, 0.3) is 5.69 Å². The zero-order valence-corrected chi connectivity index (χ0v) is 11.1. The Morgan fingerprint density at radius 1 is 1.21 bits per heavy atom. The van der Waals surface area contributed by atoms with Crippen LogP contribution < -0.4 is 11.3 Å². The van der Waals surface area contributed by atoms with Crippen LogP contribution in [0, 0.1) is 5.82 Å². The Bertz CT molecular complexity index is 629. The number of rotatable bonds is 2. The van der Waals surface area contributed by atoms with Gasteiger partial charge in [0.1, 0.15) is 5.82 Å². The van der Waals surface area contributed by atoms with E-state index in [1.807, 2.05) is 0 Å². The molecule has 19 heavy (non-hydrogen) atoms. The monoisotopic (exact) mass is 305 g/mol. The molecule has 1 amide bonds. The molecule has 8 heteroatoms. The first kappa shape index (κ1) is 17.1. The molecule has 0 aliphatic carbocycles. The molecule has 2 aromatic rings. The zero-order chi connectivity index (χ0) is 12.4. The van der Waals surface area contributed by atoms with Gasteiger partial charge in [0.25, 0.3) is 11.5 Å². The van der Waals surface area contributed by atoms with Gasteiger partial charge in [-0.1, -0.05) is 0 Å². The molecule has 0 fully saturated rings. The van der Waals surface area contributed by atoms with Gasteiger partial charge in [0, 0.05) is 18.1 Å². The smallest absolute Gasteiger partial charge is 0.286 e. The Kier molecular flexibility index (Phi) is 6.17. The molecule has 0 bridgehead atoms. The number of hydrogen-bond acceptors (Lipinski definition) is 3. The highest BCUT2D eigenvalue weighted by Gasteiger charge is 2.10. The Hall–Kier alpha value is -1.92. The van der Waals surface area contributed by atoms with Crippen LogP contribution in [-0.4, -0.2) is 15.5 Å². The second-order valence-corrected chi connectivity index (χ2v) is 3.29. The highest BCUT2D eigenvalue weighted by Crippen LogP contribution is 2.06. The molecule has 0 unspecified atom stereocenters. The first-order chi connectivity index (χ1) is 8.09. The van der Waals surface area contributed by atoms with E-state index in [0.717, 1.165) is 0 Å². The number of hydrogen-bond donors (Lipinski definition) is 1. The first-order valence-electron chi connectivity index (χ1n) is 4.73. The molecule has 0 saturated carbocycles. The summed E-state index contributed by atoms with van der Waals surface area (Å²) >= 11 is 0. The number of primary amides is 1. The van der Waals surface area contributed by atoms with Crippen LogP contribution in [0.2, 0.25) is 0 Å². The van der Waals surface area contributed by atoms with Crippen molar-refractivity contribution in [3.05, 3.63) is 58.5 Å². The molecular weight excluding hydrogens is 296 g/mol. The summed E-state index contributed by atoms with van der Waals surface area (Å²) in [5, 5.41) is 0. The summed E-state index contributed by atoms with van der Waals surface area (Å²) in [6.45, 7) is 0. The van der Waals surface area contributed by atoms with E-state index in [2.05, 4.69) is 4.98 Å². The summed E-state index contributed by atoms with van der Waals surface area (Å²) in [7, 11) is 0. The van der Waals surface area contributed by atoms with Crippen LogP contribution in [0.5, 0.6) is 0 Å². The van der Waals surface area contributed by atoms with Crippen LogP contribution in [0.15, 0.2) is 41.5 Å². The second kappa shape index (κ2) is 6.86. The topological polar surface area (TPSA) is 78.0 Å². The number of aromatic nitrogens is 2. The fourth-order valence-electron chi connectivity index (χ4n) is 1.39. The summed E-state index contributed by atoms with van der Waals surface area (Å²) in [5.41, 5.74) is 4.46. The quantitative estimate of drug-likeness (QED) is 0.909. The number of nitrogens with zero attached hydrogens (tertiary/aromatic N) is 2. The van der Waals surface area contributed by atoms with Crippen molar-refractivity contribution >= 4 is 30.7 Å². The molecule has 0 spiro atoms. The number of halogens is 3. The van der Waals surface area contributed by atoms with E-state index in [0.29, 0.717) is 5.69 Å². The van der Waals surface area contributed by atoms with Gasteiger partial charge in [-0.15, -0.1) is 24.8 Å². The first-order valence-corrected chi connectivity index (χ1v) is 4.73. The predicted molar refractivity (Wildman–Crippen MR) is 72.8 cm³/mol.